The predicted octanol–water partition coefficient (Wildman–Crippen LogP) is -1.10. The quantitative estimate of drug-likeness (QED) is 0.441. The van der Waals surface area contributed by atoms with Gasteiger partial charge in [0.25, 0.3) is 6.47 Å². The average molecular weight is 166 g/mol. The minimum Gasteiger partial charge on any atom is -0.429 e. The van der Waals surface area contributed by atoms with Gasteiger partial charge in [0.15, 0.2) is 0 Å². The summed E-state index contributed by atoms with van der Waals surface area (Å²) in [5.41, 5.74) is 0.171. The molecule has 0 bridgehead atoms. The fourth-order valence-corrected chi connectivity index (χ4v) is 0.853. The van der Waals surface area contributed by atoms with Gasteiger partial charge in [-0.05, 0) is 6.07 Å². The van der Waals surface area contributed by atoms with Crippen LogP contribution in [0.1, 0.15) is 0 Å². The molecule has 0 heterocycles. The molecule has 0 saturated carbocycles. The summed E-state index contributed by atoms with van der Waals surface area (Å²) in [5, 5.41) is 17.6. The van der Waals surface area contributed by atoms with Gasteiger partial charge in [-0.1, -0.05) is 18.2 Å². The zero-order valence-electron chi connectivity index (χ0n) is 6.18. The molecule has 4 nitrogen and oxygen atoms in total. The molecule has 0 fully saturated rings. The van der Waals surface area contributed by atoms with Crippen molar-refractivity contribution in [3.63, 3.8) is 0 Å². The van der Waals surface area contributed by atoms with E-state index in [-0.39, 0.29) is 17.7 Å². The molecule has 0 aliphatic carbocycles. The van der Waals surface area contributed by atoms with Gasteiger partial charge in [-0.3, -0.25) is 4.79 Å². The van der Waals surface area contributed by atoms with Crippen molar-refractivity contribution in [2.24, 2.45) is 0 Å². The van der Waals surface area contributed by atoms with Gasteiger partial charge in [0.2, 0.25) is 0 Å². The summed E-state index contributed by atoms with van der Waals surface area (Å²) in [7, 11) is -1.62. The Labute approximate surface area is 69.6 Å². The third-order valence-electron chi connectivity index (χ3n) is 1.37. The SMILES string of the molecule is O=COc1ccccc1B(O)O. The van der Waals surface area contributed by atoms with Crippen LogP contribution >= 0.6 is 0 Å². The van der Waals surface area contributed by atoms with Crippen LogP contribution in [0.3, 0.4) is 0 Å². The summed E-state index contributed by atoms with van der Waals surface area (Å²) in [6, 6.07) is 6.18. The number of ether oxygens (including phenoxy) is 1. The number of carbonyl (C=O) groups excluding carboxylic acids is 1. The maximum absolute atomic E-state index is 9.96. The summed E-state index contributed by atoms with van der Waals surface area (Å²) in [6.45, 7) is 0.237. The van der Waals surface area contributed by atoms with Crippen LogP contribution < -0.4 is 10.2 Å². The second-order valence-corrected chi connectivity index (χ2v) is 2.13. The molecule has 1 rings (SSSR count). The van der Waals surface area contributed by atoms with Gasteiger partial charge in [0.05, 0.1) is 0 Å². The number of para-hydroxylation sites is 1. The third-order valence-corrected chi connectivity index (χ3v) is 1.37. The van der Waals surface area contributed by atoms with Crippen molar-refractivity contribution < 1.29 is 19.6 Å². The number of rotatable bonds is 3. The molecule has 0 aromatic heterocycles. The second kappa shape index (κ2) is 3.89. The summed E-state index contributed by atoms with van der Waals surface area (Å²) >= 11 is 0. The molecule has 0 unspecified atom stereocenters. The lowest BCUT2D eigenvalue weighted by atomic mass is 9.80. The molecular weight excluding hydrogens is 159 g/mol. The van der Waals surface area contributed by atoms with Crippen molar-refractivity contribution in [2.45, 2.75) is 0 Å². The first-order chi connectivity index (χ1) is 5.75. The van der Waals surface area contributed by atoms with Crippen LogP contribution in [0.25, 0.3) is 0 Å². The van der Waals surface area contributed by atoms with Crippen molar-refractivity contribution in [3.8, 4) is 5.75 Å². The van der Waals surface area contributed by atoms with E-state index in [0.717, 1.165) is 0 Å². The van der Waals surface area contributed by atoms with Gasteiger partial charge in [0.1, 0.15) is 5.75 Å². The standard InChI is InChI=1S/C7H7BO4/c9-5-12-7-4-2-1-3-6(7)8(10)11/h1-5,10-11H. The maximum atomic E-state index is 9.96. The topological polar surface area (TPSA) is 66.8 Å². The number of hydrogen-bond donors (Lipinski definition) is 2. The Morgan fingerprint density at radius 1 is 1.33 bits per heavy atom. The molecule has 0 atom stereocenters. The number of benzene rings is 1. The summed E-state index contributed by atoms with van der Waals surface area (Å²) < 4.78 is 4.50. The van der Waals surface area contributed by atoms with E-state index in [2.05, 4.69) is 4.74 Å². The Morgan fingerprint density at radius 3 is 2.58 bits per heavy atom. The summed E-state index contributed by atoms with van der Waals surface area (Å²) in [6.07, 6.45) is 0. The smallest absolute Gasteiger partial charge is 0.429 e. The van der Waals surface area contributed by atoms with E-state index in [9.17, 15) is 4.79 Å². The van der Waals surface area contributed by atoms with Crippen LogP contribution in [0.4, 0.5) is 0 Å². The highest BCUT2D eigenvalue weighted by molar-refractivity contribution is 6.59. The molecule has 0 saturated heterocycles. The van der Waals surface area contributed by atoms with Gasteiger partial charge < -0.3 is 14.8 Å². The van der Waals surface area contributed by atoms with Gasteiger partial charge in [-0.15, -0.1) is 0 Å². The fraction of sp³-hybridized carbons (Fsp3) is 0. The monoisotopic (exact) mass is 166 g/mol. The van der Waals surface area contributed by atoms with Crippen molar-refractivity contribution in [2.75, 3.05) is 0 Å². The summed E-state index contributed by atoms with van der Waals surface area (Å²) in [5.74, 6) is 0.155. The highest BCUT2D eigenvalue weighted by atomic mass is 16.5. The Balaban J connectivity index is 2.99. The van der Waals surface area contributed by atoms with E-state index in [1.165, 1.54) is 12.1 Å². The van der Waals surface area contributed by atoms with Crippen molar-refractivity contribution in [1.29, 1.82) is 0 Å². The van der Waals surface area contributed by atoms with Gasteiger partial charge in [0, 0.05) is 5.46 Å². The predicted molar refractivity (Wildman–Crippen MR) is 43.0 cm³/mol. The van der Waals surface area contributed by atoms with Gasteiger partial charge in [-0.25, -0.2) is 0 Å². The van der Waals surface area contributed by atoms with Crippen molar-refractivity contribution >= 4 is 19.1 Å². The van der Waals surface area contributed by atoms with Crippen LogP contribution in [-0.4, -0.2) is 23.6 Å². The molecule has 2 N–H and O–H groups in total. The lowest BCUT2D eigenvalue weighted by Crippen LogP contribution is -2.31. The molecule has 0 aliphatic heterocycles. The highest BCUT2D eigenvalue weighted by Crippen LogP contribution is 2.05. The lowest BCUT2D eigenvalue weighted by molar-refractivity contribution is -0.120. The van der Waals surface area contributed by atoms with E-state index in [0.29, 0.717) is 0 Å². The number of carbonyl (C=O) groups is 1. The van der Waals surface area contributed by atoms with E-state index in [4.69, 9.17) is 10.0 Å². The molecular formula is C7H7BO4. The van der Waals surface area contributed by atoms with E-state index < -0.39 is 7.12 Å². The van der Waals surface area contributed by atoms with Crippen molar-refractivity contribution in [1.82, 2.24) is 0 Å². The van der Waals surface area contributed by atoms with Crippen molar-refractivity contribution in [3.05, 3.63) is 24.3 Å². The zero-order chi connectivity index (χ0) is 8.97. The highest BCUT2D eigenvalue weighted by Gasteiger charge is 2.15. The van der Waals surface area contributed by atoms with Gasteiger partial charge >= 0.3 is 7.12 Å². The zero-order valence-corrected chi connectivity index (χ0v) is 6.18. The first-order valence-corrected chi connectivity index (χ1v) is 3.31. The maximum Gasteiger partial charge on any atom is 0.492 e. The fourth-order valence-electron chi connectivity index (χ4n) is 0.853. The molecule has 5 heteroatoms. The Bertz CT molecular complexity index is 274. The van der Waals surface area contributed by atoms with Gasteiger partial charge in [-0.2, -0.15) is 0 Å². The second-order valence-electron chi connectivity index (χ2n) is 2.13. The molecule has 0 aliphatic rings. The lowest BCUT2D eigenvalue weighted by Gasteiger charge is -2.04. The van der Waals surface area contributed by atoms with Crippen LogP contribution in [0.5, 0.6) is 5.75 Å². The minimum atomic E-state index is -1.62. The van der Waals surface area contributed by atoms with E-state index >= 15 is 0 Å². The molecule has 0 spiro atoms. The molecule has 0 amide bonds. The Kier molecular flexibility index (Phi) is 2.84. The molecule has 1 aromatic rings. The van der Waals surface area contributed by atoms with E-state index in [1.54, 1.807) is 12.1 Å². The molecule has 12 heavy (non-hydrogen) atoms. The van der Waals surface area contributed by atoms with Crippen LogP contribution in [0.15, 0.2) is 24.3 Å². The minimum absolute atomic E-state index is 0.155. The first kappa shape index (κ1) is 8.77. The Morgan fingerprint density at radius 2 is 2.00 bits per heavy atom. The molecule has 62 valence electrons. The summed E-state index contributed by atoms with van der Waals surface area (Å²) in [4.78, 5) is 9.96. The number of hydrogen-bond acceptors (Lipinski definition) is 4. The molecule has 1 aromatic carbocycles. The van der Waals surface area contributed by atoms with Crippen LogP contribution in [0, 0.1) is 0 Å². The first-order valence-electron chi connectivity index (χ1n) is 3.31. The average Bonchev–Trinajstić information content (AvgIpc) is 2.05. The normalized spacial score (nSPS) is 9.17. The molecule has 0 radical (unpaired) electrons. The Hall–Kier alpha value is -1.33. The van der Waals surface area contributed by atoms with Crippen LogP contribution in [0.2, 0.25) is 0 Å². The van der Waals surface area contributed by atoms with E-state index in [1.807, 2.05) is 0 Å². The van der Waals surface area contributed by atoms with Crippen LogP contribution in [-0.2, 0) is 4.79 Å². The third kappa shape index (κ3) is 1.84. The largest absolute Gasteiger partial charge is 0.492 e.